The number of hydrogen-bond donors (Lipinski definition) is 1. The predicted octanol–water partition coefficient (Wildman–Crippen LogP) is 33.6. The molecule has 140 heavy (non-hydrogen) atoms. The van der Waals surface area contributed by atoms with Crippen molar-refractivity contribution in [2.75, 3.05) is 0 Å². The summed E-state index contributed by atoms with van der Waals surface area (Å²) in [4.78, 5) is 27.0. The van der Waals surface area contributed by atoms with E-state index in [1.807, 2.05) is 18.2 Å². The molecule has 3 aromatic heterocycles. The van der Waals surface area contributed by atoms with Crippen LogP contribution in [-0.4, -0.2) is 35.8 Å². The Bertz CT molecular complexity index is 8740. The van der Waals surface area contributed by atoms with Crippen LogP contribution in [-0.2, 0) is 0 Å². The molecule has 8 nitrogen and oxygen atoms in total. The first-order valence-electron chi connectivity index (χ1n) is 48.0. The summed E-state index contributed by atoms with van der Waals surface area (Å²) >= 11 is 0. The van der Waals surface area contributed by atoms with Crippen LogP contribution in [0.1, 0.15) is 41.3 Å². The number of aliphatic imine (C=N–C) groups is 2. The van der Waals surface area contributed by atoms with E-state index in [-0.39, 0.29) is 0 Å². The van der Waals surface area contributed by atoms with Gasteiger partial charge in [0.05, 0.1) is 22.1 Å². The third-order valence-corrected chi connectivity index (χ3v) is 27.4. The Balaban J connectivity index is 0.559. The van der Waals surface area contributed by atoms with Gasteiger partial charge in [0, 0.05) is 60.7 Å². The molecule has 4 heterocycles. The van der Waals surface area contributed by atoms with Crippen molar-refractivity contribution in [2.24, 2.45) is 9.98 Å². The lowest BCUT2D eigenvalue weighted by atomic mass is 9.92. The van der Waals surface area contributed by atoms with Crippen molar-refractivity contribution < 1.29 is 0 Å². The number of rotatable bonds is 20. The van der Waals surface area contributed by atoms with E-state index in [1.165, 1.54) is 33.0 Å². The molecule has 25 rings (SSSR count). The molecule has 0 saturated carbocycles. The number of aromatic nitrogens is 5. The number of hydrogen-bond acceptors (Lipinski definition) is 6. The van der Waals surface area contributed by atoms with Crippen LogP contribution in [0.15, 0.2) is 520 Å². The SMILES string of the molecule is C1=CCCC(c2ccc3c(c2)c2c(-c4cccc(C5=NC(c6ccccc6)NC(c6cccc(-c7cc(-c8ccccc8)cc(-c8ccccc8)c7)c6)=N5)c4)cccc2n3-c2cccc(-c3cccc(-c4cccc(-n5c6ccc(-c7ccccc7)cc6c6c(-c7cccc(-c8nc(-c9ccccc9)nc(-c9cccc(-c%10cc(-c%11ccccc%11)cc(-c%11ccccc%11)c%10)c9)n8)c7)cccc65)c4)c3)c2)=C1. The molecular weight excluding hydrogens is 1700 g/mol. The zero-order chi connectivity index (χ0) is 92.8. The topological polar surface area (TPSA) is 85.3 Å². The van der Waals surface area contributed by atoms with Gasteiger partial charge >= 0.3 is 0 Å². The van der Waals surface area contributed by atoms with Crippen molar-refractivity contribution in [3.63, 3.8) is 0 Å². The second-order valence-electron chi connectivity index (χ2n) is 36.2. The van der Waals surface area contributed by atoms with Crippen LogP contribution in [0.25, 0.3) is 217 Å². The van der Waals surface area contributed by atoms with Gasteiger partial charge in [0.25, 0.3) is 0 Å². The molecule has 0 saturated heterocycles. The first-order chi connectivity index (χ1) is 69.3. The molecule has 0 bridgehead atoms. The summed E-state index contributed by atoms with van der Waals surface area (Å²) in [5, 5.41) is 8.45. The normalized spacial score (nSPS) is 13.0. The van der Waals surface area contributed by atoms with E-state index in [0.717, 1.165) is 208 Å². The maximum Gasteiger partial charge on any atom is 0.164 e. The van der Waals surface area contributed by atoms with Crippen LogP contribution in [0.5, 0.6) is 0 Å². The fraction of sp³-hybridized carbons (Fsp3) is 0.0227. The highest BCUT2D eigenvalue weighted by Crippen LogP contribution is 2.47. The number of nitrogens with one attached hydrogen (secondary N) is 1. The maximum absolute atomic E-state index is 5.50. The van der Waals surface area contributed by atoms with Gasteiger partial charge in [0.15, 0.2) is 23.3 Å². The lowest BCUT2D eigenvalue weighted by Gasteiger charge is -2.24. The quantitative estimate of drug-likeness (QED) is 0.0824. The number of fused-ring (bicyclic) bond motifs is 6. The highest BCUT2D eigenvalue weighted by atomic mass is 15.2. The number of nitrogens with zero attached hydrogens (tertiary/aromatic N) is 7. The number of allylic oxidation sites excluding steroid dienone is 4. The van der Waals surface area contributed by atoms with Gasteiger partial charge in [-0.2, -0.15) is 0 Å². The number of amidine groups is 2. The Morgan fingerprint density at radius 1 is 0.229 bits per heavy atom. The molecule has 1 aliphatic heterocycles. The third-order valence-electron chi connectivity index (χ3n) is 27.4. The minimum atomic E-state index is -0.404. The fourth-order valence-corrected chi connectivity index (χ4v) is 20.6. The lowest BCUT2D eigenvalue weighted by Crippen LogP contribution is -2.33. The van der Waals surface area contributed by atoms with E-state index in [0.29, 0.717) is 23.3 Å². The first-order valence-corrected chi connectivity index (χ1v) is 48.0. The van der Waals surface area contributed by atoms with E-state index in [1.54, 1.807) is 0 Å². The minimum absolute atomic E-state index is 0.404. The molecule has 0 fully saturated rings. The zero-order valence-electron chi connectivity index (χ0n) is 76.6. The standard InChI is InChI=1S/C132H90N8/c1-9-34-87(35-10-1)101-68-70-121-119(85-101)125-117(103-56-28-60-107(75-103)131-135-127(93-46-21-7-22-47-93)133-129(137-131)105-58-26-52-97(73-105)113-79-109(89-38-13-3-14-39-89)77-110(80-113)90-40-15-4-16-41-90)64-32-66-123(125)139(121)115-62-30-54-99(83-115)95-50-25-51-96(72-95)100-55-31-63-116(84-100)140-122-71-69-102(88-36-11-2-12-37-88)86-120(122)126-118(65-33-67-124(126)140)104-57-29-61-108(76-104)132-136-128(94-48-23-8-24-49-94)134-130(138-132)106-59-27-53-98(74-106)114-81-111(91-42-17-5-18-43-91)78-112(82-114)92-44-19-6-20-45-92/h1-11,13-36,38-86,128H,12,37H2,(H,134,136,138). The predicted molar refractivity (Wildman–Crippen MR) is 583 cm³/mol. The van der Waals surface area contributed by atoms with Crippen LogP contribution in [0, 0.1) is 0 Å². The molecule has 23 aromatic rings. The smallest absolute Gasteiger partial charge is 0.164 e. The van der Waals surface area contributed by atoms with Gasteiger partial charge in [-0.25, -0.2) is 24.9 Å². The molecule has 0 amide bonds. The Labute approximate surface area is 813 Å². The molecule has 1 N–H and O–H groups in total. The average Bonchev–Trinajstić information content (AvgIpc) is 1.58. The van der Waals surface area contributed by atoms with E-state index in [4.69, 9.17) is 24.9 Å². The monoisotopic (exact) mass is 1790 g/mol. The Kier molecular flexibility index (Phi) is 21.7. The molecule has 1 atom stereocenters. The van der Waals surface area contributed by atoms with Gasteiger partial charge in [-0.15, -0.1) is 0 Å². The zero-order valence-corrected chi connectivity index (χ0v) is 76.6. The van der Waals surface area contributed by atoms with Gasteiger partial charge in [0.1, 0.15) is 12.0 Å². The highest BCUT2D eigenvalue weighted by Gasteiger charge is 2.27. The van der Waals surface area contributed by atoms with Gasteiger partial charge in [-0.05, 0) is 279 Å². The van der Waals surface area contributed by atoms with E-state index in [2.05, 4.69) is 506 Å². The second kappa shape index (κ2) is 36.5. The maximum atomic E-state index is 5.50. The Hall–Kier alpha value is -18.4. The van der Waals surface area contributed by atoms with E-state index < -0.39 is 6.17 Å². The largest absolute Gasteiger partial charge is 0.344 e. The Morgan fingerprint density at radius 2 is 0.543 bits per heavy atom. The van der Waals surface area contributed by atoms with E-state index >= 15 is 0 Å². The molecule has 1 aliphatic carbocycles. The molecule has 658 valence electrons. The van der Waals surface area contributed by atoms with E-state index in [9.17, 15) is 0 Å². The van der Waals surface area contributed by atoms with Crippen molar-refractivity contribution in [1.29, 1.82) is 0 Å². The van der Waals surface area contributed by atoms with Crippen molar-refractivity contribution in [3.05, 3.63) is 532 Å². The van der Waals surface area contributed by atoms with Crippen LogP contribution in [0.2, 0.25) is 0 Å². The van der Waals surface area contributed by atoms with Crippen molar-refractivity contribution >= 4 is 60.9 Å². The summed E-state index contributed by atoms with van der Waals surface area (Å²) in [5.41, 5.74) is 39.4. The van der Waals surface area contributed by atoms with Crippen LogP contribution in [0.3, 0.4) is 0 Å². The van der Waals surface area contributed by atoms with Gasteiger partial charge in [-0.3, -0.25) is 0 Å². The minimum Gasteiger partial charge on any atom is -0.344 e. The van der Waals surface area contributed by atoms with Gasteiger partial charge in [-0.1, -0.05) is 382 Å². The fourth-order valence-electron chi connectivity index (χ4n) is 20.6. The van der Waals surface area contributed by atoms with Crippen molar-refractivity contribution in [2.45, 2.75) is 19.0 Å². The summed E-state index contributed by atoms with van der Waals surface area (Å²) in [7, 11) is 0. The molecule has 1 unspecified atom stereocenters. The summed E-state index contributed by atoms with van der Waals surface area (Å²) < 4.78 is 4.92. The molecule has 2 aliphatic rings. The molecule has 8 heteroatoms. The Morgan fingerprint density at radius 3 is 1.00 bits per heavy atom. The van der Waals surface area contributed by atoms with Gasteiger partial charge < -0.3 is 14.5 Å². The first kappa shape index (κ1) is 83.5. The molecule has 20 aromatic carbocycles. The summed E-state index contributed by atoms with van der Waals surface area (Å²) in [6, 6.07) is 178. The third kappa shape index (κ3) is 16.3. The average molecular weight is 1790 g/mol. The second-order valence-corrected chi connectivity index (χ2v) is 36.2. The van der Waals surface area contributed by atoms with Crippen molar-refractivity contribution in [3.8, 4) is 168 Å². The lowest BCUT2D eigenvalue weighted by molar-refractivity contribution is 0.674. The summed E-state index contributed by atoms with van der Waals surface area (Å²) in [5.74, 6) is 3.17. The van der Waals surface area contributed by atoms with Crippen molar-refractivity contribution in [1.82, 2.24) is 29.4 Å². The molecule has 0 spiro atoms. The summed E-state index contributed by atoms with van der Waals surface area (Å²) in [6.45, 7) is 0. The van der Waals surface area contributed by atoms with Crippen LogP contribution < -0.4 is 5.32 Å². The van der Waals surface area contributed by atoms with Crippen LogP contribution >= 0.6 is 0 Å². The van der Waals surface area contributed by atoms with Crippen LogP contribution in [0.4, 0.5) is 0 Å². The molecule has 0 radical (unpaired) electrons. The number of benzene rings is 20. The van der Waals surface area contributed by atoms with Gasteiger partial charge in [0.2, 0.25) is 0 Å². The highest BCUT2D eigenvalue weighted by molar-refractivity contribution is 6.19. The molecular formula is C132H90N8. The summed E-state index contributed by atoms with van der Waals surface area (Å²) in [6.07, 6.45) is 8.34.